The molecule has 0 saturated carbocycles. The number of thiophene rings is 1. The third kappa shape index (κ3) is 2.44. The molecule has 1 aromatic heterocycles. The summed E-state index contributed by atoms with van der Waals surface area (Å²) in [5, 5.41) is 2.30. The molecule has 0 fully saturated rings. The van der Waals surface area contributed by atoms with E-state index >= 15 is 0 Å². The lowest BCUT2D eigenvalue weighted by molar-refractivity contribution is 1.12. The lowest BCUT2D eigenvalue weighted by Crippen LogP contribution is -1.95. The molecule has 17 heavy (non-hydrogen) atoms. The minimum absolute atomic E-state index is 1.07. The Morgan fingerprint density at radius 2 is 1.47 bits per heavy atom. The molecule has 1 aromatic carbocycles. The molecule has 0 N–H and O–H groups in total. The van der Waals surface area contributed by atoms with E-state index in [2.05, 4.69) is 52.1 Å². The van der Waals surface area contributed by atoms with Gasteiger partial charge in [-0.05, 0) is 79.8 Å². The third-order valence-corrected chi connectivity index (χ3v) is 4.78. The molecule has 0 saturated heterocycles. The first-order valence-electron chi connectivity index (χ1n) is 6.09. The van der Waals surface area contributed by atoms with Gasteiger partial charge in [-0.3, -0.25) is 0 Å². The highest BCUT2D eigenvalue weighted by Gasteiger charge is 2.07. The van der Waals surface area contributed by atoms with Crippen molar-refractivity contribution in [1.29, 1.82) is 0 Å². The van der Waals surface area contributed by atoms with Crippen molar-refractivity contribution in [3.8, 4) is 0 Å². The summed E-state index contributed by atoms with van der Waals surface area (Å²) in [6, 6.07) is 4.65. The van der Waals surface area contributed by atoms with E-state index in [-0.39, 0.29) is 0 Å². The first-order chi connectivity index (χ1) is 7.99. The van der Waals surface area contributed by atoms with E-state index < -0.39 is 0 Å². The van der Waals surface area contributed by atoms with Crippen molar-refractivity contribution in [3.63, 3.8) is 0 Å². The number of hydrogen-bond acceptors (Lipinski definition) is 1. The molecule has 0 atom stereocenters. The van der Waals surface area contributed by atoms with Gasteiger partial charge >= 0.3 is 0 Å². The number of hydrogen-bond donors (Lipinski definition) is 0. The monoisotopic (exact) mass is 244 g/mol. The molecule has 2 aromatic rings. The molecule has 0 nitrogen and oxygen atoms in total. The summed E-state index contributed by atoms with van der Waals surface area (Å²) in [4.78, 5) is 1.45. The molecule has 90 valence electrons. The number of aryl methyl sites for hydroxylation is 4. The third-order valence-electron chi connectivity index (χ3n) is 3.72. The molecule has 1 heterocycles. The standard InChI is InChI=1S/C16H20S/c1-10-6-12(3)15(7-11(10)2)8-16-9-17-14(5)13(16)4/h6-7,9H,8H2,1-5H3. The van der Waals surface area contributed by atoms with Crippen LogP contribution in [0.3, 0.4) is 0 Å². The normalized spacial score (nSPS) is 10.9. The Labute approximate surface area is 108 Å². The molecule has 0 aliphatic carbocycles. The Morgan fingerprint density at radius 1 is 0.824 bits per heavy atom. The fraction of sp³-hybridized carbons (Fsp3) is 0.375. The molecule has 0 amide bonds. The molecule has 2 rings (SSSR count). The smallest absolute Gasteiger partial charge is 0.00463 e. The van der Waals surface area contributed by atoms with Crippen molar-refractivity contribution < 1.29 is 0 Å². The molecule has 1 heteroatoms. The summed E-state index contributed by atoms with van der Waals surface area (Å²) in [7, 11) is 0. The van der Waals surface area contributed by atoms with Crippen molar-refractivity contribution in [1.82, 2.24) is 0 Å². The molecule has 0 aliphatic heterocycles. The van der Waals surface area contributed by atoms with E-state index in [9.17, 15) is 0 Å². The zero-order valence-electron chi connectivity index (χ0n) is 11.3. The van der Waals surface area contributed by atoms with E-state index in [1.165, 1.54) is 38.3 Å². The van der Waals surface area contributed by atoms with Crippen molar-refractivity contribution >= 4 is 11.3 Å². The molecule has 0 spiro atoms. The fourth-order valence-electron chi connectivity index (χ4n) is 2.15. The van der Waals surface area contributed by atoms with Crippen molar-refractivity contribution in [3.05, 3.63) is 55.8 Å². The summed E-state index contributed by atoms with van der Waals surface area (Å²) in [5.41, 5.74) is 8.62. The van der Waals surface area contributed by atoms with E-state index in [1.807, 2.05) is 11.3 Å². The fourth-order valence-corrected chi connectivity index (χ4v) is 3.04. The largest absolute Gasteiger partial charge is 0.149 e. The van der Waals surface area contributed by atoms with Crippen LogP contribution >= 0.6 is 11.3 Å². The maximum Gasteiger partial charge on any atom is 0.00463 e. The first kappa shape index (κ1) is 12.4. The lowest BCUT2D eigenvalue weighted by atomic mass is 9.95. The van der Waals surface area contributed by atoms with Crippen molar-refractivity contribution in [2.75, 3.05) is 0 Å². The van der Waals surface area contributed by atoms with Gasteiger partial charge in [0.25, 0.3) is 0 Å². The Balaban J connectivity index is 2.36. The zero-order valence-corrected chi connectivity index (χ0v) is 12.2. The van der Waals surface area contributed by atoms with Crippen LogP contribution < -0.4 is 0 Å². The second kappa shape index (κ2) is 4.66. The van der Waals surface area contributed by atoms with E-state index in [4.69, 9.17) is 0 Å². The van der Waals surface area contributed by atoms with Gasteiger partial charge in [0.1, 0.15) is 0 Å². The average Bonchev–Trinajstić information content (AvgIpc) is 2.58. The number of benzene rings is 1. The maximum atomic E-state index is 2.34. The highest BCUT2D eigenvalue weighted by atomic mass is 32.1. The topological polar surface area (TPSA) is 0 Å². The van der Waals surface area contributed by atoms with Crippen LogP contribution in [0.2, 0.25) is 0 Å². The van der Waals surface area contributed by atoms with Crippen molar-refractivity contribution in [2.45, 2.75) is 41.0 Å². The van der Waals surface area contributed by atoms with Crippen LogP contribution in [0.5, 0.6) is 0 Å². The van der Waals surface area contributed by atoms with Crippen molar-refractivity contribution in [2.24, 2.45) is 0 Å². The summed E-state index contributed by atoms with van der Waals surface area (Å²) in [5.74, 6) is 0. The predicted molar refractivity (Wildman–Crippen MR) is 77.3 cm³/mol. The van der Waals surface area contributed by atoms with Crippen LogP contribution in [0, 0.1) is 34.6 Å². The lowest BCUT2D eigenvalue weighted by Gasteiger charge is -2.10. The first-order valence-corrected chi connectivity index (χ1v) is 6.97. The molecule has 0 bridgehead atoms. The maximum absolute atomic E-state index is 2.34. The Kier molecular flexibility index (Phi) is 3.39. The van der Waals surface area contributed by atoms with E-state index in [1.54, 1.807) is 0 Å². The Morgan fingerprint density at radius 3 is 2.06 bits per heavy atom. The second-order valence-electron chi connectivity index (χ2n) is 4.98. The highest BCUT2D eigenvalue weighted by Crippen LogP contribution is 2.25. The molecule has 0 radical (unpaired) electrons. The van der Waals surface area contributed by atoms with Gasteiger partial charge in [-0.15, -0.1) is 11.3 Å². The Bertz CT molecular complexity index is 547. The second-order valence-corrected chi connectivity index (χ2v) is 6.07. The minimum atomic E-state index is 1.07. The average molecular weight is 244 g/mol. The van der Waals surface area contributed by atoms with Gasteiger partial charge in [-0.1, -0.05) is 12.1 Å². The molecule has 0 aliphatic rings. The zero-order chi connectivity index (χ0) is 12.6. The van der Waals surface area contributed by atoms with Gasteiger partial charge in [-0.25, -0.2) is 0 Å². The van der Waals surface area contributed by atoms with Crippen LogP contribution in [0.25, 0.3) is 0 Å². The molecule has 0 unspecified atom stereocenters. The summed E-state index contributed by atoms with van der Waals surface area (Å²) in [6.07, 6.45) is 1.07. The summed E-state index contributed by atoms with van der Waals surface area (Å²) >= 11 is 1.86. The summed E-state index contributed by atoms with van der Waals surface area (Å²) in [6.45, 7) is 11.0. The van der Waals surface area contributed by atoms with Crippen LogP contribution in [0.4, 0.5) is 0 Å². The predicted octanol–water partition coefficient (Wildman–Crippen LogP) is 4.88. The van der Waals surface area contributed by atoms with Gasteiger partial charge in [-0.2, -0.15) is 0 Å². The molecular formula is C16H20S. The van der Waals surface area contributed by atoms with E-state index in [0.29, 0.717) is 0 Å². The van der Waals surface area contributed by atoms with Crippen LogP contribution in [0.15, 0.2) is 17.5 Å². The Hall–Kier alpha value is -1.08. The molecular weight excluding hydrogens is 224 g/mol. The van der Waals surface area contributed by atoms with Crippen LogP contribution in [0.1, 0.15) is 38.3 Å². The van der Waals surface area contributed by atoms with Crippen LogP contribution in [-0.4, -0.2) is 0 Å². The van der Waals surface area contributed by atoms with E-state index in [0.717, 1.165) is 6.42 Å². The van der Waals surface area contributed by atoms with Gasteiger partial charge in [0.05, 0.1) is 0 Å². The van der Waals surface area contributed by atoms with Crippen LogP contribution in [-0.2, 0) is 6.42 Å². The van der Waals surface area contributed by atoms with Gasteiger partial charge in [0.2, 0.25) is 0 Å². The SMILES string of the molecule is Cc1cc(C)c(Cc2csc(C)c2C)cc1C. The minimum Gasteiger partial charge on any atom is -0.149 e. The summed E-state index contributed by atoms with van der Waals surface area (Å²) < 4.78 is 0. The highest BCUT2D eigenvalue weighted by molar-refractivity contribution is 7.10. The van der Waals surface area contributed by atoms with Gasteiger partial charge in [0.15, 0.2) is 0 Å². The quantitative estimate of drug-likeness (QED) is 0.706. The number of rotatable bonds is 2. The van der Waals surface area contributed by atoms with Gasteiger partial charge in [0, 0.05) is 4.88 Å². The van der Waals surface area contributed by atoms with Gasteiger partial charge < -0.3 is 0 Å².